The lowest BCUT2D eigenvalue weighted by molar-refractivity contribution is -0.133. The number of nitriles is 1. The van der Waals surface area contributed by atoms with Crippen LogP contribution in [0.3, 0.4) is 0 Å². The number of pyridine rings is 2. The number of carbonyl (C=O) groups is 1. The van der Waals surface area contributed by atoms with Crippen LogP contribution in [0.25, 0.3) is 16.6 Å². The molecule has 0 N–H and O–H groups in total. The van der Waals surface area contributed by atoms with E-state index in [-0.39, 0.29) is 29.1 Å². The molecular weight excluding hydrogens is 477 g/mol. The molecule has 4 aromatic heterocycles. The van der Waals surface area contributed by atoms with E-state index in [1.54, 1.807) is 23.7 Å². The topological polar surface area (TPSA) is 92.1 Å². The normalized spacial score (nSPS) is 21.2. The maximum absolute atomic E-state index is 14.4. The molecule has 36 heavy (non-hydrogen) atoms. The second kappa shape index (κ2) is 8.75. The van der Waals surface area contributed by atoms with Gasteiger partial charge in [-0.3, -0.25) is 9.48 Å². The predicted octanol–water partition coefficient (Wildman–Crippen LogP) is 4.78. The molecule has 0 aromatic carbocycles. The Hall–Kier alpha value is -3.71. The van der Waals surface area contributed by atoms with Gasteiger partial charge in [0.1, 0.15) is 11.1 Å². The summed E-state index contributed by atoms with van der Waals surface area (Å²) in [6.45, 7) is 3.72. The number of fused-ring (bicyclic) bond motifs is 3. The number of rotatable bonds is 4. The second-order valence-corrected chi connectivity index (χ2v) is 10.5. The minimum absolute atomic E-state index is 0.164. The van der Waals surface area contributed by atoms with Gasteiger partial charge < -0.3 is 4.90 Å². The van der Waals surface area contributed by atoms with E-state index in [1.807, 2.05) is 18.5 Å². The summed E-state index contributed by atoms with van der Waals surface area (Å²) >= 11 is 1.18. The van der Waals surface area contributed by atoms with Crippen LogP contribution in [0.5, 0.6) is 0 Å². The number of piperidine rings is 1. The Morgan fingerprint density at radius 1 is 1.19 bits per heavy atom. The van der Waals surface area contributed by atoms with Crippen molar-refractivity contribution in [2.75, 3.05) is 0 Å². The molecule has 0 saturated carbocycles. The average Bonchev–Trinajstić information content (AvgIpc) is 3.53. The van der Waals surface area contributed by atoms with Gasteiger partial charge >= 0.3 is 0 Å². The lowest BCUT2D eigenvalue weighted by Crippen LogP contribution is -2.46. The molecule has 2 aliphatic heterocycles. The number of hydrogen-bond donors (Lipinski definition) is 0. The number of hydrogen-bond acceptors (Lipinski definition) is 6. The van der Waals surface area contributed by atoms with Gasteiger partial charge in [0.05, 0.1) is 29.5 Å². The summed E-state index contributed by atoms with van der Waals surface area (Å²) in [6, 6.07) is 7.85. The van der Waals surface area contributed by atoms with Crippen LogP contribution in [0, 0.1) is 24.1 Å². The van der Waals surface area contributed by atoms with Crippen molar-refractivity contribution in [2.45, 2.75) is 67.6 Å². The van der Waals surface area contributed by atoms with Gasteiger partial charge in [0, 0.05) is 53.1 Å². The molecule has 0 aliphatic carbocycles. The Bertz CT molecular complexity index is 1520. The van der Waals surface area contributed by atoms with Crippen LogP contribution in [-0.2, 0) is 4.79 Å². The van der Waals surface area contributed by atoms with E-state index in [9.17, 15) is 14.4 Å². The zero-order valence-corrected chi connectivity index (χ0v) is 20.7. The summed E-state index contributed by atoms with van der Waals surface area (Å²) in [5.74, 6) is -0.253. The van der Waals surface area contributed by atoms with Crippen LogP contribution in [0.2, 0.25) is 0 Å². The molecule has 2 fully saturated rings. The van der Waals surface area contributed by atoms with E-state index in [2.05, 4.69) is 32.7 Å². The van der Waals surface area contributed by atoms with Crippen molar-refractivity contribution in [3.05, 3.63) is 60.1 Å². The molecule has 182 valence electrons. The minimum atomic E-state index is -0.417. The highest BCUT2D eigenvalue weighted by Gasteiger charge is 2.43. The number of halogens is 1. The van der Waals surface area contributed by atoms with Crippen molar-refractivity contribution >= 4 is 23.2 Å². The van der Waals surface area contributed by atoms with E-state index < -0.39 is 5.82 Å². The molecule has 2 aliphatic rings. The largest absolute Gasteiger partial charge is 0.337 e. The standard InChI is InChI=1S/C26H24FN7OS/c1-15-22(13-31-34(15)21-9-19-5-6-20(10-21)33(19)16(2)35)17-8-24(36-26-23(27)4-3-7-29-26)25-18(11-28)12-30-32(25)14-17/h3-4,7-8,12-14,19-21H,5-6,9-10H2,1-2H3/t19-,20+,21+. The fourth-order valence-electron chi connectivity index (χ4n) is 5.88. The fraction of sp³-hybridized carbons (Fsp3) is 0.346. The number of carbonyl (C=O) groups excluding carboxylic acids is 1. The van der Waals surface area contributed by atoms with Crippen LogP contribution in [0.4, 0.5) is 4.39 Å². The van der Waals surface area contributed by atoms with Crippen LogP contribution >= 0.6 is 11.8 Å². The first-order valence-electron chi connectivity index (χ1n) is 12.0. The maximum atomic E-state index is 14.4. The Morgan fingerprint density at radius 2 is 1.97 bits per heavy atom. The van der Waals surface area contributed by atoms with E-state index in [0.717, 1.165) is 42.5 Å². The Morgan fingerprint density at radius 3 is 2.67 bits per heavy atom. The van der Waals surface area contributed by atoms with Crippen molar-refractivity contribution < 1.29 is 9.18 Å². The quantitative estimate of drug-likeness (QED) is 0.400. The molecule has 6 rings (SSSR count). The highest BCUT2D eigenvalue weighted by molar-refractivity contribution is 7.99. The van der Waals surface area contributed by atoms with Crippen molar-refractivity contribution in [2.24, 2.45) is 0 Å². The van der Waals surface area contributed by atoms with Gasteiger partial charge in [-0.1, -0.05) is 11.8 Å². The van der Waals surface area contributed by atoms with Gasteiger partial charge in [0.15, 0.2) is 5.82 Å². The van der Waals surface area contributed by atoms with Crippen molar-refractivity contribution in [3.63, 3.8) is 0 Å². The summed E-state index contributed by atoms with van der Waals surface area (Å²) in [4.78, 5) is 19.1. The molecular formula is C26H24FN7OS. The first-order valence-corrected chi connectivity index (χ1v) is 12.8. The number of aromatic nitrogens is 5. The number of amides is 1. The summed E-state index contributed by atoms with van der Waals surface area (Å²) in [7, 11) is 0. The monoisotopic (exact) mass is 501 g/mol. The predicted molar refractivity (Wildman–Crippen MR) is 132 cm³/mol. The van der Waals surface area contributed by atoms with Crippen LogP contribution in [0.15, 0.2) is 52.9 Å². The highest BCUT2D eigenvalue weighted by Crippen LogP contribution is 2.42. The molecule has 0 radical (unpaired) electrons. The molecule has 2 bridgehead atoms. The van der Waals surface area contributed by atoms with E-state index in [1.165, 1.54) is 24.0 Å². The summed E-state index contributed by atoms with van der Waals surface area (Å²) < 4.78 is 18.2. The molecule has 4 aromatic rings. The summed E-state index contributed by atoms with van der Waals surface area (Å²) in [5.41, 5.74) is 3.90. The maximum Gasteiger partial charge on any atom is 0.219 e. The van der Waals surface area contributed by atoms with Gasteiger partial charge in [-0.15, -0.1) is 0 Å². The first kappa shape index (κ1) is 22.7. The molecule has 0 spiro atoms. The summed E-state index contributed by atoms with van der Waals surface area (Å²) in [5, 5.41) is 19.0. The Balaban J connectivity index is 1.38. The second-order valence-electron chi connectivity index (χ2n) is 9.47. The molecule has 10 heteroatoms. The van der Waals surface area contributed by atoms with Crippen LogP contribution in [0.1, 0.15) is 49.9 Å². The molecule has 1 amide bonds. The van der Waals surface area contributed by atoms with Crippen molar-refractivity contribution in [1.29, 1.82) is 5.26 Å². The minimum Gasteiger partial charge on any atom is -0.337 e. The lowest BCUT2D eigenvalue weighted by atomic mass is 9.97. The third-order valence-electron chi connectivity index (χ3n) is 7.40. The van der Waals surface area contributed by atoms with Crippen molar-refractivity contribution in [3.8, 4) is 17.2 Å². The molecule has 3 atom stereocenters. The van der Waals surface area contributed by atoms with Gasteiger partial charge in [0.25, 0.3) is 0 Å². The van der Waals surface area contributed by atoms with E-state index >= 15 is 0 Å². The smallest absolute Gasteiger partial charge is 0.219 e. The van der Waals surface area contributed by atoms with E-state index in [4.69, 9.17) is 5.10 Å². The lowest BCUT2D eigenvalue weighted by Gasteiger charge is -2.38. The molecule has 6 heterocycles. The molecule has 0 unspecified atom stereocenters. The Kier molecular flexibility index (Phi) is 5.52. The summed E-state index contributed by atoms with van der Waals surface area (Å²) in [6.07, 6.45) is 10.7. The van der Waals surface area contributed by atoms with Gasteiger partial charge in [-0.05, 0) is 50.8 Å². The van der Waals surface area contributed by atoms with Crippen LogP contribution < -0.4 is 0 Å². The third-order valence-corrected chi connectivity index (χ3v) is 8.43. The molecule has 8 nitrogen and oxygen atoms in total. The highest BCUT2D eigenvalue weighted by atomic mass is 32.2. The van der Waals surface area contributed by atoms with E-state index in [0.29, 0.717) is 16.0 Å². The zero-order chi connectivity index (χ0) is 25.0. The number of nitrogens with zero attached hydrogens (tertiary/aromatic N) is 7. The van der Waals surface area contributed by atoms with Crippen LogP contribution in [-0.4, -0.2) is 47.3 Å². The zero-order valence-electron chi connectivity index (χ0n) is 19.9. The van der Waals surface area contributed by atoms with Crippen molar-refractivity contribution in [1.82, 2.24) is 29.3 Å². The SMILES string of the molecule is CC(=O)N1[C@@H]2CC[C@H]1C[C@@H](n1ncc(-c3cc(Sc4ncccc4F)c4c(C#N)cnn4c3)c1C)C2. The molecule has 2 saturated heterocycles. The first-order chi connectivity index (χ1) is 17.4. The van der Waals surface area contributed by atoms with Gasteiger partial charge in [-0.2, -0.15) is 15.5 Å². The Labute approximate surface area is 211 Å². The van der Waals surface area contributed by atoms with Gasteiger partial charge in [0.2, 0.25) is 5.91 Å². The average molecular weight is 502 g/mol. The fourth-order valence-corrected chi connectivity index (χ4v) is 6.85. The van der Waals surface area contributed by atoms with Gasteiger partial charge in [-0.25, -0.2) is 13.9 Å². The third kappa shape index (κ3) is 3.66.